The van der Waals surface area contributed by atoms with Gasteiger partial charge in [-0.15, -0.1) is 0 Å². The van der Waals surface area contributed by atoms with Gasteiger partial charge in [-0.05, 0) is 48.8 Å². The second-order valence-corrected chi connectivity index (χ2v) is 7.75. The van der Waals surface area contributed by atoms with Crippen LogP contribution < -0.4 is 14.2 Å². The molecular formula is C17H22BrNO5. The van der Waals surface area contributed by atoms with E-state index in [1.54, 1.807) is 4.90 Å². The molecule has 6 nitrogen and oxygen atoms in total. The number of rotatable bonds is 2. The maximum Gasteiger partial charge on any atom is 0.410 e. The van der Waals surface area contributed by atoms with Gasteiger partial charge in [-0.3, -0.25) is 0 Å². The Morgan fingerprint density at radius 2 is 1.88 bits per heavy atom. The molecule has 132 valence electrons. The standard InChI is InChI=1S/C17H22BrNO5/c1-17(2,3)24-16(20)19-8-6-11(7-9-19)23-13-5-4-12(18)14-15(13)22-10-21-14/h4-5,11H,6-10H2,1-3H3. The van der Waals surface area contributed by atoms with E-state index in [0.717, 1.165) is 17.3 Å². The highest BCUT2D eigenvalue weighted by Crippen LogP contribution is 2.46. The van der Waals surface area contributed by atoms with Crippen molar-refractivity contribution in [2.24, 2.45) is 0 Å². The van der Waals surface area contributed by atoms with E-state index in [4.69, 9.17) is 18.9 Å². The molecule has 1 fully saturated rings. The number of carbonyl (C=O) groups excluding carboxylic acids is 1. The van der Waals surface area contributed by atoms with Gasteiger partial charge in [-0.2, -0.15) is 0 Å². The Balaban J connectivity index is 1.57. The van der Waals surface area contributed by atoms with Crippen LogP contribution >= 0.6 is 15.9 Å². The minimum absolute atomic E-state index is 0.0400. The monoisotopic (exact) mass is 399 g/mol. The fraction of sp³-hybridized carbons (Fsp3) is 0.588. The predicted octanol–water partition coefficient (Wildman–Crippen LogP) is 3.96. The molecule has 0 aliphatic carbocycles. The summed E-state index contributed by atoms with van der Waals surface area (Å²) in [6, 6.07) is 3.76. The lowest BCUT2D eigenvalue weighted by Gasteiger charge is -2.33. The van der Waals surface area contributed by atoms with Gasteiger partial charge in [0.15, 0.2) is 11.5 Å². The number of ether oxygens (including phenoxy) is 4. The van der Waals surface area contributed by atoms with E-state index in [0.29, 0.717) is 30.3 Å². The van der Waals surface area contributed by atoms with Crippen molar-refractivity contribution in [3.8, 4) is 17.2 Å². The summed E-state index contributed by atoms with van der Waals surface area (Å²) in [5, 5.41) is 0. The van der Waals surface area contributed by atoms with Crippen molar-refractivity contribution in [1.82, 2.24) is 4.90 Å². The van der Waals surface area contributed by atoms with E-state index in [2.05, 4.69) is 15.9 Å². The lowest BCUT2D eigenvalue weighted by Crippen LogP contribution is -2.44. The van der Waals surface area contributed by atoms with E-state index in [9.17, 15) is 4.79 Å². The fourth-order valence-electron chi connectivity index (χ4n) is 2.69. The van der Waals surface area contributed by atoms with Crippen LogP contribution in [0.5, 0.6) is 17.2 Å². The van der Waals surface area contributed by atoms with Crippen molar-refractivity contribution in [2.45, 2.75) is 45.3 Å². The first-order chi connectivity index (χ1) is 11.3. The van der Waals surface area contributed by atoms with Crippen LogP contribution in [0.25, 0.3) is 0 Å². The number of fused-ring (bicyclic) bond motifs is 1. The highest BCUT2D eigenvalue weighted by Gasteiger charge is 2.29. The molecule has 0 unspecified atom stereocenters. The van der Waals surface area contributed by atoms with Crippen LogP contribution in [0, 0.1) is 0 Å². The summed E-state index contributed by atoms with van der Waals surface area (Å²) in [7, 11) is 0. The number of nitrogens with zero attached hydrogens (tertiary/aromatic N) is 1. The molecule has 2 aliphatic heterocycles. The molecule has 0 spiro atoms. The summed E-state index contributed by atoms with van der Waals surface area (Å²) in [6.45, 7) is 7.06. The van der Waals surface area contributed by atoms with Gasteiger partial charge in [-0.25, -0.2) is 4.79 Å². The van der Waals surface area contributed by atoms with Gasteiger partial charge in [0.2, 0.25) is 12.5 Å². The normalized spacial score (nSPS) is 17.8. The Morgan fingerprint density at radius 3 is 2.54 bits per heavy atom. The fourth-order valence-corrected chi connectivity index (χ4v) is 3.12. The molecule has 0 bridgehead atoms. The van der Waals surface area contributed by atoms with E-state index in [1.807, 2.05) is 32.9 Å². The summed E-state index contributed by atoms with van der Waals surface area (Å²) < 4.78 is 23.3. The molecular weight excluding hydrogens is 378 g/mol. The van der Waals surface area contributed by atoms with E-state index >= 15 is 0 Å². The minimum atomic E-state index is -0.472. The zero-order valence-corrected chi connectivity index (χ0v) is 15.7. The first kappa shape index (κ1) is 17.2. The van der Waals surface area contributed by atoms with Gasteiger partial charge in [0.25, 0.3) is 0 Å². The van der Waals surface area contributed by atoms with E-state index < -0.39 is 5.60 Å². The quantitative estimate of drug-likeness (QED) is 0.753. The highest BCUT2D eigenvalue weighted by molar-refractivity contribution is 9.10. The number of benzene rings is 1. The smallest absolute Gasteiger partial charge is 0.410 e. The third kappa shape index (κ3) is 3.88. The Morgan fingerprint density at radius 1 is 1.21 bits per heavy atom. The van der Waals surface area contributed by atoms with Crippen molar-refractivity contribution in [3.63, 3.8) is 0 Å². The molecule has 1 aromatic rings. The number of amides is 1. The molecule has 0 radical (unpaired) electrons. The first-order valence-electron chi connectivity index (χ1n) is 8.06. The van der Waals surface area contributed by atoms with Crippen LogP contribution in [-0.2, 0) is 4.74 Å². The van der Waals surface area contributed by atoms with Gasteiger partial charge < -0.3 is 23.8 Å². The topological polar surface area (TPSA) is 57.2 Å². The molecule has 2 aliphatic rings. The van der Waals surface area contributed by atoms with Crippen molar-refractivity contribution >= 4 is 22.0 Å². The second kappa shape index (κ2) is 6.70. The summed E-state index contributed by atoms with van der Waals surface area (Å²) >= 11 is 3.44. The van der Waals surface area contributed by atoms with Gasteiger partial charge >= 0.3 is 6.09 Å². The van der Waals surface area contributed by atoms with Crippen molar-refractivity contribution in [2.75, 3.05) is 19.9 Å². The first-order valence-corrected chi connectivity index (χ1v) is 8.85. The summed E-state index contributed by atoms with van der Waals surface area (Å²) in [6.07, 6.45) is 1.29. The molecule has 7 heteroatoms. The van der Waals surface area contributed by atoms with E-state index in [1.165, 1.54) is 0 Å². The number of hydrogen-bond donors (Lipinski definition) is 0. The van der Waals surface area contributed by atoms with Crippen LogP contribution in [0.3, 0.4) is 0 Å². The zero-order valence-electron chi connectivity index (χ0n) is 14.1. The van der Waals surface area contributed by atoms with Gasteiger partial charge in [0, 0.05) is 25.9 Å². The van der Waals surface area contributed by atoms with Crippen LogP contribution in [0.15, 0.2) is 16.6 Å². The lowest BCUT2D eigenvalue weighted by molar-refractivity contribution is 0.0124. The second-order valence-electron chi connectivity index (χ2n) is 6.89. The molecule has 3 rings (SSSR count). The van der Waals surface area contributed by atoms with Crippen molar-refractivity contribution < 1.29 is 23.7 Å². The third-order valence-corrected chi connectivity index (χ3v) is 4.45. The molecule has 2 heterocycles. The molecule has 1 saturated heterocycles. The molecule has 0 atom stereocenters. The van der Waals surface area contributed by atoms with Crippen LogP contribution in [-0.4, -0.2) is 42.6 Å². The number of piperidine rings is 1. The van der Waals surface area contributed by atoms with Crippen LogP contribution in [0.4, 0.5) is 4.79 Å². The Labute approximate surface area is 150 Å². The third-order valence-electron chi connectivity index (χ3n) is 3.82. The lowest BCUT2D eigenvalue weighted by atomic mass is 10.1. The average Bonchev–Trinajstić information content (AvgIpc) is 3.00. The largest absolute Gasteiger partial charge is 0.486 e. The number of likely N-dealkylation sites (tertiary alicyclic amines) is 1. The Bertz CT molecular complexity index is 620. The van der Waals surface area contributed by atoms with E-state index in [-0.39, 0.29) is 19.0 Å². The minimum Gasteiger partial charge on any atom is -0.486 e. The maximum absolute atomic E-state index is 12.1. The van der Waals surface area contributed by atoms with Gasteiger partial charge in [-0.1, -0.05) is 0 Å². The molecule has 0 N–H and O–H groups in total. The number of halogens is 1. The summed E-state index contributed by atoms with van der Waals surface area (Å²) in [5.74, 6) is 2.00. The Hall–Kier alpha value is -1.63. The van der Waals surface area contributed by atoms with Crippen LogP contribution in [0.1, 0.15) is 33.6 Å². The summed E-state index contributed by atoms with van der Waals surface area (Å²) in [4.78, 5) is 13.8. The summed E-state index contributed by atoms with van der Waals surface area (Å²) in [5.41, 5.74) is -0.472. The van der Waals surface area contributed by atoms with Crippen molar-refractivity contribution in [3.05, 3.63) is 16.6 Å². The van der Waals surface area contributed by atoms with Crippen LogP contribution in [0.2, 0.25) is 0 Å². The number of carbonyl (C=O) groups is 1. The van der Waals surface area contributed by atoms with Crippen molar-refractivity contribution in [1.29, 1.82) is 0 Å². The number of hydrogen-bond acceptors (Lipinski definition) is 5. The molecule has 0 saturated carbocycles. The Kier molecular flexibility index (Phi) is 4.80. The zero-order chi connectivity index (χ0) is 17.3. The predicted molar refractivity (Wildman–Crippen MR) is 91.7 cm³/mol. The molecule has 1 amide bonds. The SMILES string of the molecule is CC(C)(C)OC(=O)N1CCC(Oc2ccc(Br)c3c2OCO3)CC1. The average molecular weight is 400 g/mol. The molecule has 24 heavy (non-hydrogen) atoms. The maximum atomic E-state index is 12.1. The van der Waals surface area contributed by atoms with Gasteiger partial charge in [0.05, 0.1) is 4.47 Å². The van der Waals surface area contributed by atoms with Gasteiger partial charge in [0.1, 0.15) is 11.7 Å². The highest BCUT2D eigenvalue weighted by atomic mass is 79.9. The molecule has 0 aromatic heterocycles. The molecule has 1 aromatic carbocycles.